The van der Waals surface area contributed by atoms with Gasteiger partial charge < -0.3 is 4.90 Å². The molecule has 0 unspecified atom stereocenters. The van der Waals surface area contributed by atoms with E-state index in [2.05, 4.69) is 0 Å². The molecule has 0 radical (unpaired) electrons. The number of halogens is 1. The number of hydrogen-bond acceptors (Lipinski definition) is 3. The molecule has 1 amide bonds. The molecule has 6 heteroatoms. The molecule has 0 saturated carbocycles. The Labute approximate surface area is 147 Å². The molecule has 1 aliphatic rings. The molecule has 0 N–H and O–H groups in total. The Kier molecular flexibility index (Phi) is 4.64. The second-order valence-corrected chi connectivity index (χ2v) is 8.45. The van der Waals surface area contributed by atoms with Crippen molar-refractivity contribution in [3.8, 4) is 0 Å². The first-order chi connectivity index (χ1) is 11.8. The summed E-state index contributed by atoms with van der Waals surface area (Å²) >= 11 is 0. The number of sulfone groups is 1. The van der Waals surface area contributed by atoms with Gasteiger partial charge in [-0.3, -0.25) is 4.79 Å². The minimum absolute atomic E-state index is 0.167. The summed E-state index contributed by atoms with van der Waals surface area (Å²) in [6.45, 7) is 2.28. The largest absolute Gasteiger partial charge is 0.332 e. The van der Waals surface area contributed by atoms with E-state index < -0.39 is 9.84 Å². The Morgan fingerprint density at radius 2 is 1.96 bits per heavy atom. The minimum Gasteiger partial charge on any atom is -0.332 e. The van der Waals surface area contributed by atoms with Crippen LogP contribution in [0.2, 0.25) is 0 Å². The lowest BCUT2D eigenvalue weighted by molar-refractivity contribution is 0.0735. The highest BCUT2D eigenvalue weighted by Gasteiger charge is 2.31. The Morgan fingerprint density at radius 3 is 2.64 bits per heavy atom. The van der Waals surface area contributed by atoms with Gasteiger partial charge in [0.1, 0.15) is 5.82 Å². The standard InChI is InChI=1S/C19H20FNO3S/c1-13-8-9-15(12-18(13)25(2,23)24)19(22)21-10-4-7-17(21)14-5-3-6-16(20)11-14/h3,5-6,8-9,11-12,17H,4,7,10H2,1-2H3/t17-/m1/s1. The van der Waals surface area contributed by atoms with Crippen molar-refractivity contribution < 1.29 is 17.6 Å². The minimum atomic E-state index is -3.40. The van der Waals surface area contributed by atoms with Crippen LogP contribution in [-0.4, -0.2) is 32.0 Å². The number of benzene rings is 2. The van der Waals surface area contributed by atoms with Gasteiger partial charge in [-0.05, 0) is 55.2 Å². The summed E-state index contributed by atoms with van der Waals surface area (Å²) in [5.74, 6) is -0.553. The van der Waals surface area contributed by atoms with Gasteiger partial charge in [-0.1, -0.05) is 18.2 Å². The van der Waals surface area contributed by atoms with Gasteiger partial charge in [0.15, 0.2) is 9.84 Å². The highest BCUT2D eigenvalue weighted by atomic mass is 32.2. The first kappa shape index (κ1) is 17.6. The zero-order valence-electron chi connectivity index (χ0n) is 14.2. The maximum absolute atomic E-state index is 13.5. The van der Waals surface area contributed by atoms with Gasteiger partial charge in [0.05, 0.1) is 10.9 Å². The Hall–Kier alpha value is -2.21. The van der Waals surface area contributed by atoms with Crippen LogP contribution in [0.25, 0.3) is 0 Å². The van der Waals surface area contributed by atoms with Gasteiger partial charge in [0.25, 0.3) is 5.91 Å². The molecule has 1 saturated heterocycles. The van der Waals surface area contributed by atoms with E-state index in [1.807, 2.05) is 6.07 Å². The number of likely N-dealkylation sites (tertiary alicyclic amines) is 1. The summed E-state index contributed by atoms with van der Waals surface area (Å²) in [6, 6.07) is 10.8. The number of hydrogen-bond donors (Lipinski definition) is 0. The second kappa shape index (κ2) is 6.59. The third-order valence-electron chi connectivity index (χ3n) is 4.58. The van der Waals surface area contributed by atoms with Gasteiger partial charge >= 0.3 is 0 Å². The van der Waals surface area contributed by atoms with Gasteiger partial charge in [0.2, 0.25) is 0 Å². The summed E-state index contributed by atoms with van der Waals surface area (Å²) in [6.07, 6.45) is 2.73. The molecule has 4 nitrogen and oxygen atoms in total. The lowest BCUT2D eigenvalue weighted by atomic mass is 10.0. The second-order valence-electron chi connectivity index (χ2n) is 6.46. The summed E-state index contributed by atoms with van der Waals surface area (Å²) in [5, 5.41) is 0. The Balaban J connectivity index is 1.95. The maximum Gasteiger partial charge on any atom is 0.254 e. The molecule has 1 heterocycles. The third-order valence-corrected chi connectivity index (χ3v) is 5.82. The normalized spacial score (nSPS) is 17.7. The molecule has 3 rings (SSSR count). The number of aryl methyl sites for hydroxylation is 1. The Morgan fingerprint density at radius 1 is 1.20 bits per heavy atom. The van der Waals surface area contributed by atoms with Crippen LogP contribution in [0.1, 0.15) is 40.4 Å². The lowest BCUT2D eigenvalue weighted by Crippen LogP contribution is -2.30. The predicted molar refractivity (Wildman–Crippen MR) is 93.7 cm³/mol. The van der Waals surface area contributed by atoms with E-state index in [0.29, 0.717) is 17.7 Å². The molecule has 132 valence electrons. The number of carbonyl (C=O) groups is 1. The molecule has 0 bridgehead atoms. The van der Waals surface area contributed by atoms with Crippen molar-refractivity contribution in [3.63, 3.8) is 0 Å². The van der Waals surface area contributed by atoms with Crippen LogP contribution in [-0.2, 0) is 9.84 Å². The monoisotopic (exact) mass is 361 g/mol. The van der Waals surface area contributed by atoms with Gasteiger partial charge in [-0.25, -0.2) is 12.8 Å². The molecule has 0 aromatic heterocycles. The van der Waals surface area contributed by atoms with Gasteiger partial charge in [-0.15, -0.1) is 0 Å². The third kappa shape index (κ3) is 3.58. The molecule has 2 aromatic rings. The molecule has 2 aromatic carbocycles. The van der Waals surface area contributed by atoms with Crippen LogP contribution < -0.4 is 0 Å². The highest BCUT2D eigenvalue weighted by Crippen LogP contribution is 2.33. The fourth-order valence-electron chi connectivity index (χ4n) is 3.37. The van der Waals surface area contributed by atoms with Crippen LogP contribution in [0.4, 0.5) is 4.39 Å². The number of nitrogens with zero attached hydrogens (tertiary/aromatic N) is 1. The quantitative estimate of drug-likeness (QED) is 0.841. The summed E-state index contributed by atoms with van der Waals surface area (Å²) < 4.78 is 37.3. The van der Waals surface area contributed by atoms with Crippen molar-refractivity contribution in [3.05, 3.63) is 65.0 Å². The number of rotatable bonds is 3. The lowest BCUT2D eigenvalue weighted by Gasteiger charge is -2.25. The van der Waals surface area contributed by atoms with Crippen molar-refractivity contribution in [2.45, 2.75) is 30.7 Å². The molecule has 1 fully saturated rings. The van der Waals surface area contributed by atoms with Crippen LogP contribution in [0.5, 0.6) is 0 Å². The van der Waals surface area contributed by atoms with E-state index in [1.54, 1.807) is 30.0 Å². The summed E-state index contributed by atoms with van der Waals surface area (Å²) in [5.41, 5.74) is 1.72. The van der Waals surface area contributed by atoms with Crippen molar-refractivity contribution in [2.75, 3.05) is 12.8 Å². The van der Waals surface area contributed by atoms with E-state index in [1.165, 1.54) is 18.2 Å². The average Bonchev–Trinajstić information content (AvgIpc) is 3.03. The van der Waals surface area contributed by atoms with Crippen molar-refractivity contribution in [1.29, 1.82) is 0 Å². The van der Waals surface area contributed by atoms with Crippen LogP contribution >= 0.6 is 0 Å². The molecule has 1 atom stereocenters. The summed E-state index contributed by atoms with van der Waals surface area (Å²) in [7, 11) is -3.40. The fraction of sp³-hybridized carbons (Fsp3) is 0.316. The maximum atomic E-state index is 13.5. The van der Waals surface area contributed by atoms with Crippen LogP contribution in [0.15, 0.2) is 47.4 Å². The fourth-order valence-corrected chi connectivity index (χ4v) is 4.36. The molecule has 1 aliphatic heterocycles. The van der Waals surface area contributed by atoms with Gasteiger partial charge in [0, 0.05) is 18.4 Å². The smallest absolute Gasteiger partial charge is 0.254 e. The predicted octanol–water partition coefficient (Wildman–Crippen LogP) is 3.51. The average molecular weight is 361 g/mol. The highest BCUT2D eigenvalue weighted by molar-refractivity contribution is 7.90. The van der Waals surface area contributed by atoms with Gasteiger partial charge in [-0.2, -0.15) is 0 Å². The number of amides is 1. The SMILES string of the molecule is Cc1ccc(C(=O)N2CCC[C@@H]2c2cccc(F)c2)cc1S(C)(=O)=O. The Bertz CT molecular complexity index is 924. The molecule has 25 heavy (non-hydrogen) atoms. The zero-order valence-corrected chi connectivity index (χ0v) is 15.0. The van der Waals surface area contributed by atoms with E-state index in [9.17, 15) is 17.6 Å². The zero-order chi connectivity index (χ0) is 18.2. The van der Waals surface area contributed by atoms with E-state index in [4.69, 9.17) is 0 Å². The van der Waals surface area contributed by atoms with E-state index >= 15 is 0 Å². The molecular formula is C19H20FNO3S. The summed E-state index contributed by atoms with van der Waals surface area (Å²) in [4.78, 5) is 14.8. The first-order valence-electron chi connectivity index (χ1n) is 8.14. The topological polar surface area (TPSA) is 54.5 Å². The molecule has 0 spiro atoms. The first-order valence-corrected chi connectivity index (χ1v) is 10.0. The van der Waals surface area contributed by atoms with Crippen LogP contribution in [0.3, 0.4) is 0 Å². The van der Waals surface area contributed by atoms with Crippen molar-refractivity contribution >= 4 is 15.7 Å². The molecule has 0 aliphatic carbocycles. The van der Waals surface area contributed by atoms with E-state index in [0.717, 1.165) is 24.7 Å². The van der Waals surface area contributed by atoms with Crippen molar-refractivity contribution in [2.24, 2.45) is 0 Å². The van der Waals surface area contributed by atoms with E-state index in [-0.39, 0.29) is 22.7 Å². The van der Waals surface area contributed by atoms with Crippen molar-refractivity contribution in [1.82, 2.24) is 4.90 Å². The van der Waals surface area contributed by atoms with Crippen LogP contribution in [0, 0.1) is 12.7 Å². The molecular weight excluding hydrogens is 341 g/mol. The number of carbonyl (C=O) groups excluding carboxylic acids is 1.